The van der Waals surface area contributed by atoms with Gasteiger partial charge in [-0.2, -0.15) is 5.10 Å². The van der Waals surface area contributed by atoms with Crippen LogP contribution >= 0.6 is 0 Å². The minimum absolute atomic E-state index is 0.149. The maximum atomic E-state index is 12.7. The van der Waals surface area contributed by atoms with E-state index in [0.29, 0.717) is 0 Å². The first-order valence-electron chi connectivity index (χ1n) is 8.69. The van der Waals surface area contributed by atoms with Crippen LogP contribution in [0.3, 0.4) is 0 Å². The van der Waals surface area contributed by atoms with Crippen molar-refractivity contribution >= 4 is 5.91 Å². The molecule has 24 heavy (non-hydrogen) atoms. The third-order valence-corrected chi connectivity index (χ3v) is 4.69. The Hall–Kier alpha value is -2.15. The lowest BCUT2D eigenvalue weighted by molar-refractivity contribution is -0.134. The van der Waals surface area contributed by atoms with Gasteiger partial charge in [0.2, 0.25) is 5.91 Å². The van der Waals surface area contributed by atoms with Crippen LogP contribution in [0.4, 0.5) is 0 Å². The van der Waals surface area contributed by atoms with Crippen molar-refractivity contribution < 1.29 is 4.79 Å². The van der Waals surface area contributed by atoms with E-state index in [1.165, 1.54) is 0 Å². The molecule has 0 radical (unpaired) electrons. The van der Waals surface area contributed by atoms with Gasteiger partial charge in [-0.05, 0) is 26.3 Å². The number of hydrogen-bond donors (Lipinski definition) is 0. The molecular weight excluding hydrogens is 304 g/mol. The maximum absolute atomic E-state index is 12.7. The maximum Gasteiger partial charge on any atom is 0.247 e. The molecule has 0 bridgehead atoms. The summed E-state index contributed by atoms with van der Waals surface area (Å²) in [5.74, 6) is 1.25. The molecule has 0 spiro atoms. The van der Waals surface area contributed by atoms with E-state index in [0.717, 1.165) is 51.5 Å². The second-order valence-electron chi connectivity index (χ2n) is 6.25. The summed E-state index contributed by atoms with van der Waals surface area (Å²) in [6, 6.07) is 1.61. The van der Waals surface area contributed by atoms with Crippen LogP contribution < -0.4 is 0 Å². The molecule has 0 N–H and O–H groups in total. The second-order valence-corrected chi connectivity index (χ2v) is 6.25. The number of aromatic nitrogens is 4. The highest BCUT2D eigenvalue weighted by molar-refractivity contribution is 5.80. The molecule has 1 aliphatic heterocycles. The van der Waals surface area contributed by atoms with Gasteiger partial charge in [-0.1, -0.05) is 0 Å². The molecule has 0 saturated carbocycles. The molecule has 1 saturated heterocycles. The number of carbonyl (C=O) groups is 1. The summed E-state index contributed by atoms with van der Waals surface area (Å²) < 4.78 is 3.90. The highest BCUT2D eigenvalue weighted by Gasteiger charge is 2.24. The van der Waals surface area contributed by atoms with Crippen molar-refractivity contribution in [1.29, 1.82) is 0 Å². The zero-order valence-corrected chi connectivity index (χ0v) is 14.5. The van der Waals surface area contributed by atoms with Crippen molar-refractivity contribution in [2.75, 3.05) is 26.2 Å². The van der Waals surface area contributed by atoms with Crippen LogP contribution in [-0.4, -0.2) is 61.2 Å². The Bertz CT molecular complexity index is 650. The fraction of sp³-hybridized carbons (Fsp3) is 0.588. The molecule has 7 nitrogen and oxygen atoms in total. The third-order valence-electron chi connectivity index (χ3n) is 4.69. The number of hydrogen-bond acceptors (Lipinski definition) is 4. The molecular formula is C17H26N6O. The zero-order valence-electron chi connectivity index (χ0n) is 14.5. The number of amides is 1. The summed E-state index contributed by atoms with van der Waals surface area (Å²) >= 11 is 0. The lowest BCUT2D eigenvalue weighted by Gasteiger charge is -2.25. The van der Waals surface area contributed by atoms with E-state index in [2.05, 4.69) is 26.5 Å². The molecule has 1 fully saturated rings. The van der Waals surface area contributed by atoms with Gasteiger partial charge in [0.05, 0.1) is 6.54 Å². The van der Waals surface area contributed by atoms with Crippen LogP contribution in [0, 0.1) is 0 Å². The van der Waals surface area contributed by atoms with Crippen LogP contribution in [-0.2, 0) is 17.9 Å². The molecule has 7 heteroatoms. The minimum Gasteiger partial charge on any atom is -0.340 e. The molecule has 2 aromatic heterocycles. The van der Waals surface area contributed by atoms with Crippen LogP contribution in [0.1, 0.15) is 32.1 Å². The van der Waals surface area contributed by atoms with E-state index in [1.54, 1.807) is 10.9 Å². The number of rotatable bonds is 5. The van der Waals surface area contributed by atoms with Gasteiger partial charge in [-0.3, -0.25) is 14.4 Å². The fourth-order valence-corrected chi connectivity index (χ4v) is 3.22. The zero-order chi connectivity index (χ0) is 16.9. The van der Waals surface area contributed by atoms with Gasteiger partial charge >= 0.3 is 0 Å². The van der Waals surface area contributed by atoms with Gasteiger partial charge in [-0.15, -0.1) is 0 Å². The normalized spacial score (nSPS) is 17.7. The van der Waals surface area contributed by atoms with E-state index in [4.69, 9.17) is 0 Å². The highest BCUT2D eigenvalue weighted by Crippen LogP contribution is 2.13. The molecule has 2 aromatic rings. The first-order chi connectivity index (χ1) is 11.7. The summed E-state index contributed by atoms with van der Waals surface area (Å²) in [5, 5.41) is 4.19. The van der Waals surface area contributed by atoms with Crippen molar-refractivity contribution in [3.05, 3.63) is 36.7 Å². The molecule has 1 aliphatic rings. The average Bonchev–Trinajstić information content (AvgIpc) is 3.22. The lowest BCUT2D eigenvalue weighted by atomic mass is 10.2. The van der Waals surface area contributed by atoms with Crippen LogP contribution in [0.2, 0.25) is 0 Å². The van der Waals surface area contributed by atoms with Gasteiger partial charge in [-0.25, -0.2) is 4.98 Å². The quantitative estimate of drug-likeness (QED) is 0.831. The van der Waals surface area contributed by atoms with Gasteiger partial charge in [0.15, 0.2) is 0 Å². The first-order valence-corrected chi connectivity index (χ1v) is 8.69. The van der Waals surface area contributed by atoms with Crippen LogP contribution in [0.5, 0.6) is 0 Å². The molecule has 1 atom stereocenters. The fourth-order valence-electron chi connectivity index (χ4n) is 3.22. The molecule has 130 valence electrons. The third kappa shape index (κ3) is 3.67. The Morgan fingerprint density at radius 1 is 1.21 bits per heavy atom. The minimum atomic E-state index is -0.245. The Morgan fingerprint density at radius 2 is 2.08 bits per heavy atom. The van der Waals surface area contributed by atoms with E-state index >= 15 is 0 Å². The predicted octanol–water partition coefficient (Wildman–Crippen LogP) is 1.39. The number of carbonyl (C=O) groups excluding carboxylic acids is 1. The largest absolute Gasteiger partial charge is 0.340 e. The van der Waals surface area contributed by atoms with E-state index < -0.39 is 0 Å². The van der Waals surface area contributed by atoms with E-state index in [-0.39, 0.29) is 11.9 Å². The van der Waals surface area contributed by atoms with Crippen molar-refractivity contribution in [3.8, 4) is 0 Å². The van der Waals surface area contributed by atoms with Gasteiger partial charge in [0, 0.05) is 57.5 Å². The Kier molecular flexibility index (Phi) is 5.30. The van der Waals surface area contributed by atoms with Gasteiger partial charge in [0.25, 0.3) is 0 Å². The van der Waals surface area contributed by atoms with Crippen LogP contribution in [0.15, 0.2) is 30.9 Å². The molecule has 0 aliphatic carbocycles. The molecule has 0 unspecified atom stereocenters. The van der Waals surface area contributed by atoms with Crippen LogP contribution in [0.25, 0.3) is 0 Å². The monoisotopic (exact) mass is 330 g/mol. The number of imidazole rings is 1. The second kappa shape index (κ2) is 7.61. The first kappa shape index (κ1) is 16.7. The predicted molar refractivity (Wildman–Crippen MR) is 91.3 cm³/mol. The summed E-state index contributed by atoms with van der Waals surface area (Å²) in [6.45, 7) is 9.28. The molecule has 0 aromatic carbocycles. The topological polar surface area (TPSA) is 59.2 Å². The summed E-state index contributed by atoms with van der Waals surface area (Å²) in [6.07, 6.45) is 8.43. The van der Waals surface area contributed by atoms with E-state index in [9.17, 15) is 4.79 Å². The van der Waals surface area contributed by atoms with Crippen molar-refractivity contribution in [3.63, 3.8) is 0 Å². The average molecular weight is 330 g/mol. The van der Waals surface area contributed by atoms with Gasteiger partial charge < -0.3 is 9.47 Å². The molecule has 1 amide bonds. The number of aryl methyl sites for hydroxylation is 1. The standard InChI is InChI=1S/C17H26N6O/c1-3-21-11-7-18-16(21)14-20-8-5-9-22(13-12-20)17(24)15(2)23-10-4-6-19-23/h4,6-7,10-11,15H,3,5,8-9,12-14H2,1-2H3/t15-/m0/s1. The molecule has 3 heterocycles. The summed E-state index contributed by atoms with van der Waals surface area (Å²) in [5.41, 5.74) is 0. The Morgan fingerprint density at radius 3 is 2.83 bits per heavy atom. The smallest absolute Gasteiger partial charge is 0.247 e. The van der Waals surface area contributed by atoms with Crippen molar-refractivity contribution in [2.45, 2.75) is 39.4 Å². The Balaban J connectivity index is 1.58. The van der Waals surface area contributed by atoms with Gasteiger partial charge in [0.1, 0.15) is 11.9 Å². The summed E-state index contributed by atoms with van der Waals surface area (Å²) in [7, 11) is 0. The van der Waals surface area contributed by atoms with Crippen molar-refractivity contribution in [2.24, 2.45) is 0 Å². The van der Waals surface area contributed by atoms with Crippen molar-refractivity contribution in [1.82, 2.24) is 29.1 Å². The Labute approximate surface area is 142 Å². The summed E-state index contributed by atoms with van der Waals surface area (Å²) in [4.78, 5) is 21.5. The molecule has 3 rings (SSSR count). The number of nitrogens with zero attached hydrogens (tertiary/aromatic N) is 6. The SMILES string of the molecule is CCn1ccnc1CN1CCCN(C(=O)[C@H](C)n2cccn2)CC1. The highest BCUT2D eigenvalue weighted by atomic mass is 16.2. The van der Waals surface area contributed by atoms with E-state index in [1.807, 2.05) is 36.5 Å². The lowest BCUT2D eigenvalue weighted by Crippen LogP contribution is -2.39.